The quantitative estimate of drug-likeness (QED) is 0.290. The maximum absolute atomic E-state index is 9.12. The van der Waals surface area contributed by atoms with Crippen LogP contribution in [0.3, 0.4) is 0 Å². The van der Waals surface area contributed by atoms with E-state index in [0.29, 0.717) is 0 Å². The lowest BCUT2D eigenvalue weighted by Gasteiger charge is -2.37. The van der Waals surface area contributed by atoms with Gasteiger partial charge in [0.05, 0.1) is 6.61 Å². The predicted molar refractivity (Wildman–Crippen MR) is 36.0 cm³/mol. The van der Waals surface area contributed by atoms with Crippen LogP contribution < -0.4 is 0 Å². The molecule has 5 N–H and O–H groups in total. The number of hydrogen-bond donors (Lipinski definition) is 5. The summed E-state index contributed by atoms with van der Waals surface area (Å²) in [7, 11) is 0. The van der Waals surface area contributed by atoms with Crippen molar-refractivity contribution in [3.05, 3.63) is 0 Å². The molecule has 1 aliphatic heterocycles. The van der Waals surface area contributed by atoms with E-state index in [1.54, 1.807) is 0 Å². The third-order valence-electron chi connectivity index (χ3n) is 1.87. The molecular weight excluding hydrogens is 168 g/mol. The summed E-state index contributed by atoms with van der Waals surface area (Å²) in [6.07, 6.45) is -7.04. The van der Waals surface area contributed by atoms with Gasteiger partial charge in [-0.1, -0.05) is 0 Å². The monoisotopic (exact) mass is 180 g/mol. The molecule has 1 fully saturated rings. The average Bonchev–Trinajstić information content (AvgIpc) is 2.08. The molecule has 1 unspecified atom stereocenters. The van der Waals surface area contributed by atoms with Gasteiger partial charge in [0, 0.05) is 0 Å². The Labute approximate surface area is 68.6 Å². The van der Waals surface area contributed by atoms with Crippen LogP contribution in [0.4, 0.5) is 0 Å². The maximum Gasteiger partial charge on any atom is 0.184 e. The minimum Gasteiger partial charge on any atom is -0.394 e. The third kappa shape index (κ3) is 1.58. The van der Waals surface area contributed by atoms with Gasteiger partial charge in [-0.3, -0.25) is 0 Å². The molecule has 1 aliphatic rings. The molecule has 72 valence electrons. The zero-order chi connectivity index (χ0) is 9.30. The van der Waals surface area contributed by atoms with E-state index in [0.717, 1.165) is 0 Å². The Morgan fingerprint density at radius 1 is 0.917 bits per heavy atom. The van der Waals surface area contributed by atoms with Crippen LogP contribution >= 0.6 is 0 Å². The van der Waals surface area contributed by atoms with Crippen molar-refractivity contribution in [1.82, 2.24) is 0 Å². The lowest BCUT2D eigenvalue weighted by molar-refractivity contribution is -0.286. The minimum atomic E-state index is -1.57. The summed E-state index contributed by atoms with van der Waals surface area (Å²) in [5, 5.41) is 44.7. The van der Waals surface area contributed by atoms with Crippen LogP contribution in [0.2, 0.25) is 0 Å². The molecule has 0 saturated carbocycles. The summed E-state index contributed by atoms with van der Waals surface area (Å²) < 4.78 is 4.58. The molecule has 1 heterocycles. The highest BCUT2D eigenvalue weighted by atomic mass is 16.6. The maximum atomic E-state index is 9.12. The van der Waals surface area contributed by atoms with E-state index < -0.39 is 37.3 Å². The summed E-state index contributed by atoms with van der Waals surface area (Å²) in [5.41, 5.74) is 0. The van der Waals surface area contributed by atoms with Gasteiger partial charge in [0.1, 0.15) is 24.4 Å². The van der Waals surface area contributed by atoms with Gasteiger partial charge in [0.2, 0.25) is 0 Å². The van der Waals surface area contributed by atoms with Crippen LogP contribution in [0.15, 0.2) is 0 Å². The van der Waals surface area contributed by atoms with Crippen LogP contribution in [0.5, 0.6) is 0 Å². The van der Waals surface area contributed by atoms with Crippen LogP contribution in [-0.4, -0.2) is 62.8 Å². The van der Waals surface area contributed by atoms with Gasteiger partial charge in [-0.2, -0.15) is 0 Å². The van der Waals surface area contributed by atoms with Gasteiger partial charge < -0.3 is 30.3 Å². The minimum absolute atomic E-state index is 0.526. The first-order chi connectivity index (χ1) is 5.57. The first-order valence-corrected chi connectivity index (χ1v) is 3.56. The van der Waals surface area contributed by atoms with Gasteiger partial charge in [-0.25, -0.2) is 0 Å². The molecule has 0 amide bonds. The fourth-order valence-corrected chi connectivity index (χ4v) is 1.08. The molecule has 0 bridgehead atoms. The number of hydrogen-bond acceptors (Lipinski definition) is 6. The Hall–Kier alpha value is -0.240. The number of ether oxygens (including phenoxy) is 1. The molecule has 12 heavy (non-hydrogen) atoms. The predicted octanol–water partition coefficient (Wildman–Crippen LogP) is -3.22. The van der Waals surface area contributed by atoms with Crippen molar-refractivity contribution >= 4 is 0 Å². The second-order valence-corrected chi connectivity index (χ2v) is 2.72. The van der Waals surface area contributed by atoms with Crippen LogP contribution in [-0.2, 0) is 4.74 Å². The largest absolute Gasteiger partial charge is 0.394 e. The van der Waals surface area contributed by atoms with Gasteiger partial charge in [-0.05, 0) is 0 Å². The number of rotatable bonds is 1. The first-order valence-electron chi connectivity index (χ1n) is 3.56. The second kappa shape index (κ2) is 3.65. The lowest BCUT2D eigenvalue weighted by Crippen LogP contribution is -2.58. The normalized spacial score (nSPS) is 49.2. The highest BCUT2D eigenvalue weighted by molar-refractivity contribution is 4.87. The summed E-state index contributed by atoms with van der Waals surface area (Å²) >= 11 is 0. The van der Waals surface area contributed by atoms with Gasteiger partial charge in [0.15, 0.2) is 6.29 Å². The van der Waals surface area contributed by atoms with Gasteiger partial charge >= 0.3 is 0 Å². The number of aliphatic hydroxyl groups excluding tert-OH is 5. The molecule has 0 aromatic carbocycles. The SMILES string of the molecule is OC[C@@H]1OC(O)[C@@H](O)[C@@H](O)[C@@H]1O. The smallest absolute Gasteiger partial charge is 0.184 e. The molecule has 6 nitrogen and oxygen atoms in total. The molecule has 5 atom stereocenters. The van der Waals surface area contributed by atoms with E-state index in [9.17, 15) is 0 Å². The summed E-state index contributed by atoms with van der Waals surface area (Å²) in [6, 6.07) is 0. The Morgan fingerprint density at radius 2 is 1.50 bits per heavy atom. The van der Waals surface area contributed by atoms with E-state index in [1.165, 1.54) is 0 Å². The highest BCUT2D eigenvalue weighted by Gasteiger charge is 2.42. The van der Waals surface area contributed by atoms with Crippen molar-refractivity contribution in [3.63, 3.8) is 0 Å². The third-order valence-corrected chi connectivity index (χ3v) is 1.87. The van der Waals surface area contributed by atoms with E-state index in [4.69, 9.17) is 25.5 Å². The summed E-state index contributed by atoms with van der Waals surface area (Å²) in [4.78, 5) is 0. The molecule has 0 aliphatic carbocycles. The Bertz CT molecular complexity index is 146. The van der Waals surface area contributed by atoms with E-state index >= 15 is 0 Å². The first kappa shape index (κ1) is 9.85. The highest BCUT2D eigenvalue weighted by Crippen LogP contribution is 2.18. The van der Waals surface area contributed by atoms with Crippen molar-refractivity contribution in [3.8, 4) is 0 Å². The van der Waals surface area contributed by atoms with Crippen molar-refractivity contribution in [1.29, 1.82) is 0 Å². The zero-order valence-electron chi connectivity index (χ0n) is 6.24. The van der Waals surface area contributed by atoms with Gasteiger partial charge in [0.25, 0.3) is 0 Å². The molecule has 0 aromatic rings. The Kier molecular flexibility index (Phi) is 2.99. The van der Waals surface area contributed by atoms with Gasteiger partial charge in [-0.15, -0.1) is 0 Å². The van der Waals surface area contributed by atoms with E-state index in [2.05, 4.69) is 4.74 Å². The zero-order valence-corrected chi connectivity index (χ0v) is 6.24. The van der Waals surface area contributed by atoms with Crippen molar-refractivity contribution in [2.75, 3.05) is 6.61 Å². The molecule has 0 aromatic heterocycles. The molecule has 0 spiro atoms. The van der Waals surface area contributed by atoms with E-state index in [-0.39, 0.29) is 0 Å². The van der Waals surface area contributed by atoms with Crippen LogP contribution in [0.25, 0.3) is 0 Å². The molecule has 6 heteroatoms. The summed E-state index contributed by atoms with van der Waals surface area (Å²) in [5.74, 6) is 0. The van der Waals surface area contributed by atoms with Crippen LogP contribution in [0, 0.1) is 0 Å². The molecule has 0 radical (unpaired) electrons. The standard InChI is InChI=1S/C6H12O6/c7-1-2-3(8)4(9)5(10)6(11)12-2/h2-11H,1H2/t2-,3+,4-,5-,6?/m0/s1. The lowest BCUT2D eigenvalue weighted by atomic mass is 10.00. The van der Waals surface area contributed by atoms with E-state index in [1.807, 2.05) is 0 Å². The Balaban J connectivity index is 2.63. The molecular formula is C6H12O6. The van der Waals surface area contributed by atoms with Crippen LogP contribution in [0.1, 0.15) is 0 Å². The van der Waals surface area contributed by atoms with Crippen molar-refractivity contribution < 1.29 is 30.3 Å². The second-order valence-electron chi connectivity index (χ2n) is 2.72. The Morgan fingerprint density at radius 3 is 2.00 bits per heavy atom. The average molecular weight is 180 g/mol. The fourth-order valence-electron chi connectivity index (χ4n) is 1.08. The number of aliphatic hydroxyl groups is 5. The fraction of sp³-hybridized carbons (Fsp3) is 1.00. The van der Waals surface area contributed by atoms with Crippen molar-refractivity contribution in [2.45, 2.75) is 30.7 Å². The van der Waals surface area contributed by atoms with Crippen molar-refractivity contribution in [2.24, 2.45) is 0 Å². The summed E-state index contributed by atoms with van der Waals surface area (Å²) in [6.45, 7) is -0.526. The molecule has 1 saturated heterocycles. The topological polar surface area (TPSA) is 110 Å². The molecule has 1 rings (SSSR count).